The van der Waals surface area contributed by atoms with Crippen LogP contribution in [-0.2, 0) is 4.79 Å². The number of halogens is 1. The van der Waals surface area contributed by atoms with Gasteiger partial charge in [-0.3, -0.25) is 4.79 Å². The standard InChI is InChI=1S/C16H16INO4/c1-20-14-7-12(8-15(9-14)21-2)18-16(19)10-22-13-5-3-4-11(17)6-13/h3-9H,10H2,1-2H3,(H,18,19). The number of hydrogen-bond acceptors (Lipinski definition) is 4. The Hall–Kier alpha value is -1.96. The molecule has 0 heterocycles. The highest BCUT2D eigenvalue weighted by atomic mass is 127. The molecule has 0 aliphatic heterocycles. The van der Waals surface area contributed by atoms with E-state index in [9.17, 15) is 4.79 Å². The number of rotatable bonds is 6. The van der Waals surface area contributed by atoms with E-state index < -0.39 is 0 Å². The summed E-state index contributed by atoms with van der Waals surface area (Å²) >= 11 is 2.19. The summed E-state index contributed by atoms with van der Waals surface area (Å²) in [6.45, 7) is -0.0698. The number of ether oxygens (including phenoxy) is 3. The zero-order valence-electron chi connectivity index (χ0n) is 12.3. The fourth-order valence-electron chi connectivity index (χ4n) is 1.78. The van der Waals surface area contributed by atoms with Crippen LogP contribution >= 0.6 is 22.6 Å². The summed E-state index contributed by atoms with van der Waals surface area (Å²) in [5, 5.41) is 2.75. The van der Waals surface area contributed by atoms with Crippen molar-refractivity contribution in [3.05, 3.63) is 46.0 Å². The molecular formula is C16H16INO4. The van der Waals surface area contributed by atoms with Gasteiger partial charge in [-0.2, -0.15) is 0 Å². The summed E-state index contributed by atoms with van der Waals surface area (Å²) in [7, 11) is 3.11. The summed E-state index contributed by atoms with van der Waals surface area (Å²) in [5.41, 5.74) is 0.590. The van der Waals surface area contributed by atoms with Crippen LogP contribution in [0.1, 0.15) is 0 Å². The van der Waals surface area contributed by atoms with Crippen LogP contribution in [0.4, 0.5) is 5.69 Å². The molecule has 2 aromatic carbocycles. The van der Waals surface area contributed by atoms with E-state index in [2.05, 4.69) is 27.9 Å². The lowest BCUT2D eigenvalue weighted by Crippen LogP contribution is -2.20. The lowest BCUT2D eigenvalue weighted by Gasteiger charge is -2.10. The van der Waals surface area contributed by atoms with Crippen LogP contribution in [-0.4, -0.2) is 26.7 Å². The van der Waals surface area contributed by atoms with Crippen molar-refractivity contribution in [1.82, 2.24) is 0 Å². The minimum atomic E-state index is -0.255. The van der Waals surface area contributed by atoms with Crippen molar-refractivity contribution in [2.24, 2.45) is 0 Å². The van der Waals surface area contributed by atoms with Crippen LogP contribution in [0.25, 0.3) is 0 Å². The maximum absolute atomic E-state index is 12.0. The van der Waals surface area contributed by atoms with Gasteiger partial charge in [-0.15, -0.1) is 0 Å². The molecule has 0 aliphatic carbocycles. The third-order valence-corrected chi connectivity index (χ3v) is 3.47. The monoisotopic (exact) mass is 413 g/mol. The van der Waals surface area contributed by atoms with E-state index in [1.165, 1.54) is 0 Å². The van der Waals surface area contributed by atoms with E-state index in [-0.39, 0.29) is 12.5 Å². The minimum absolute atomic E-state index is 0.0698. The highest BCUT2D eigenvalue weighted by molar-refractivity contribution is 14.1. The third kappa shape index (κ3) is 4.80. The molecule has 2 aromatic rings. The Kier molecular flexibility index (Phi) is 5.88. The molecule has 0 atom stereocenters. The highest BCUT2D eigenvalue weighted by Crippen LogP contribution is 2.25. The fraction of sp³-hybridized carbons (Fsp3) is 0.188. The molecule has 0 aliphatic rings. The molecule has 1 N–H and O–H groups in total. The molecule has 0 spiro atoms. The first-order chi connectivity index (χ1) is 10.6. The Bertz CT molecular complexity index is 638. The molecule has 6 heteroatoms. The number of methoxy groups -OCH3 is 2. The number of hydrogen-bond donors (Lipinski definition) is 1. The smallest absolute Gasteiger partial charge is 0.262 e. The highest BCUT2D eigenvalue weighted by Gasteiger charge is 2.07. The van der Waals surface area contributed by atoms with Gasteiger partial charge in [0.05, 0.1) is 14.2 Å². The molecule has 0 aromatic heterocycles. The molecule has 0 bridgehead atoms. The SMILES string of the molecule is COc1cc(NC(=O)COc2cccc(I)c2)cc(OC)c1. The van der Waals surface area contributed by atoms with Gasteiger partial charge in [-0.1, -0.05) is 6.07 Å². The maximum Gasteiger partial charge on any atom is 0.262 e. The molecular weight excluding hydrogens is 397 g/mol. The topological polar surface area (TPSA) is 56.8 Å². The molecule has 1 amide bonds. The van der Waals surface area contributed by atoms with Gasteiger partial charge >= 0.3 is 0 Å². The summed E-state index contributed by atoms with van der Waals surface area (Å²) < 4.78 is 16.8. The average molecular weight is 413 g/mol. The van der Waals surface area contributed by atoms with Gasteiger partial charge in [-0.05, 0) is 40.8 Å². The normalized spacial score (nSPS) is 9.95. The summed E-state index contributed by atoms with van der Waals surface area (Å²) in [6.07, 6.45) is 0. The largest absolute Gasteiger partial charge is 0.497 e. The van der Waals surface area contributed by atoms with Crippen molar-refractivity contribution < 1.29 is 19.0 Å². The quantitative estimate of drug-likeness (QED) is 0.739. The van der Waals surface area contributed by atoms with Crippen molar-refractivity contribution in [1.29, 1.82) is 0 Å². The Labute approximate surface area is 142 Å². The first-order valence-electron chi connectivity index (χ1n) is 6.52. The molecule has 0 unspecified atom stereocenters. The van der Waals surface area contributed by atoms with Crippen LogP contribution < -0.4 is 19.5 Å². The molecule has 5 nitrogen and oxygen atoms in total. The molecule has 0 radical (unpaired) electrons. The lowest BCUT2D eigenvalue weighted by molar-refractivity contribution is -0.118. The van der Waals surface area contributed by atoms with Crippen LogP contribution in [0.3, 0.4) is 0 Å². The van der Waals surface area contributed by atoms with Gasteiger partial charge in [0.15, 0.2) is 6.61 Å². The minimum Gasteiger partial charge on any atom is -0.497 e. The van der Waals surface area contributed by atoms with Crippen molar-refractivity contribution in [3.8, 4) is 17.2 Å². The first kappa shape index (κ1) is 16.4. The van der Waals surface area contributed by atoms with Crippen molar-refractivity contribution >= 4 is 34.2 Å². The van der Waals surface area contributed by atoms with Gasteiger partial charge in [0.1, 0.15) is 17.2 Å². The number of carbonyl (C=O) groups excluding carboxylic acids is 1. The van der Waals surface area contributed by atoms with Crippen molar-refractivity contribution in [2.45, 2.75) is 0 Å². The second kappa shape index (κ2) is 7.88. The molecule has 0 saturated carbocycles. The second-order valence-corrected chi connectivity index (χ2v) is 5.64. The maximum atomic E-state index is 12.0. The van der Waals surface area contributed by atoms with Crippen molar-refractivity contribution in [2.75, 3.05) is 26.1 Å². The molecule has 116 valence electrons. The number of nitrogens with one attached hydrogen (secondary N) is 1. The van der Waals surface area contributed by atoms with E-state index in [0.29, 0.717) is 22.9 Å². The van der Waals surface area contributed by atoms with Gasteiger partial charge in [0.2, 0.25) is 0 Å². The zero-order chi connectivity index (χ0) is 15.9. The predicted molar refractivity (Wildman–Crippen MR) is 92.8 cm³/mol. The summed E-state index contributed by atoms with van der Waals surface area (Å²) in [4.78, 5) is 12.0. The fourth-order valence-corrected chi connectivity index (χ4v) is 2.30. The van der Waals surface area contributed by atoms with Gasteiger partial charge in [-0.25, -0.2) is 0 Å². The Balaban J connectivity index is 1.97. The number of anilines is 1. The summed E-state index contributed by atoms with van der Waals surface area (Å²) in [5.74, 6) is 1.61. The van der Waals surface area contributed by atoms with Crippen LogP contribution in [0.5, 0.6) is 17.2 Å². The Morgan fingerprint density at radius 2 is 1.73 bits per heavy atom. The molecule has 0 fully saturated rings. The lowest BCUT2D eigenvalue weighted by atomic mass is 10.2. The Morgan fingerprint density at radius 1 is 1.05 bits per heavy atom. The van der Waals surface area contributed by atoms with Gasteiger partial charge in [0.25, 0.3) is 5.91 Å². The van der Waals surface area contributed by atoms with E-state index in [1.807, 2.05) is 24.3 Å². The van der Waals surface area contributed by atoms with Gasteiger partial charge in [0, 0.05) is 27.5 Å². The van der Waals surface area contributed by atoms with Crippen LogP contribution in [0.15, 0.2) is 42.5 Å². The number of carbonyl (C=O) groups is 1. The number of benzene rings is 2. The van der Waals surface area contributed by atoms with Gasteiger partial charge < -0.3 is 19.5 Å². The third-order valence-electron chi connectivity index (χ3n) is 2.80. The molecule has 22 heavy (non-hydrogen) atoms. The average Bonchev–Trinajstić information content (AvgIpc) is 2.52. The molecule has 2 rings (SSSR count). The van der Waals surface area contributed by atoms with E-state index in [1.54, 1.807) is 32.4 Å². The van der Waals surface area contributed by atoms with E-state index in [4.69, 9.17) is 14.2 Å². The van der Waals surface area contributed by atoms with E-state index in [0.717, 1.165) is 3.57 Å². The van der Waals surface area contributed by atoms with Crippen LogP contribution in [0, 0.1) is 3.57 Å². The summed E-state index contributed by atoms with van der Waals surface area (Å²) in [6, 6.07) is 12.7. The predicted octanol–water partition coefficient (Wildman–Crippen LogP) is 3.33. The number of amides is 1. The Morgan fingerprint density at radius 3 is 2.32 bits per heavy atom. The zero-order valence-corrected chi connectivity index (χ0v) is 14.4. The van der Waals surface area contributed by atoms with E-state index >= 15 is 0 Å². The van der Waals surface area contributed by atoms with Crippen molar-refractivity contribution in [3.63, 3.8) is 0 Å². The second-order valence-electron chi connectivity index (χ2n) is 4.40. The first-order valence-corrected chi connectivity index (χ1v) is 7.60. The molecule has 0 saturated heterocycles. The van der Waals surface area contributed by atoms with Crippen LogP contribution in [0.2, 0.25) is 0 Å².